The Morgan fingerprint density at radius 1 is 1.14 bits per heavy atom. The van der Waals surface area contributed by atoms with Gasteiger partial charge in [0.15, 0.2) is 0 Å². The fourth-order valence-electron chi connectivity index (χ4n) is 3.83. The van der Waals surface area contributed by atoms with Gasteiger partial charge in [0.05, 0.1) is 6.33 Å². The Bertz CT molecular complexity index is 1210. The molecule has 1 aliphatic heterocycles. The molecular weight excluding hydrogens is 367 g/mol. The van der Waals surface area contributed by atoms with Gasteiger partial charge >= 0.3 is 0 Å². The van der Waals surface area contributed by atoms with Crippen LogP contribution in [0.3, 0.4) is 0 Å². The standard InChI is InChI=1S/C23H19FN4O/c24-18-3-6-20-21(14-26-22(20)13-18)16-7-10-27(11-8-16)23(29)17-1-4-19(5-2-17)28-12-9-25-15-28/h1-7,9,12-15,26H,8,10-11H2. The van der Waals surface area contributed by atoms with Crippen molar-refractivity contribution in [3.63, 3.8) is 0 Å². The average Bonchev–Trinajstić information content (AvgIpc) is 3.43. The molecule has 0 spiro atoms. The molecule has 0 saturated heterocycles. The second-order valence-corrected chi connectivity index (χ2v) is 7.14. The lowest BCUT2D eigenvalue weighted by molar-refractivity contribution is 0.0773. The number of rotatable bonds is 3. The van der Waals surface area contributed by atoms with Crippen LogP contribution in [0.15, 0.2) is 73.5 Å². The van der Waals surface area contributed by atoms with Crippen molar-refractivity contribution in [1.82, 2.24) is 19.4 Å². The SMILES string of the molecule is O=C(c1ccc(-n2ccnc2)cc1)N1CC=C(c2c[nH]c3cc(F)ccc23)CC1. The number of aromatic nitrogens is 3. The first-order valence-electron chi connectivity index (χ1n) is 9.53. The zero-order valence-corrected chi connectivity index (χ0v) is 15.7. The summed E-state index contributed by atoms with van der Waals surface area (Å²) in [6.07, 6.45) is 10.1. The monoisotopic (exact) mass is 386 g/mol. The van der Waals surface area contributed by atoms with Crippen LogP contribution in [0.25, 0.3) is 22.2 Å². The summed E-state index contributed by atoms with van der Waals surface area (Å²) in [5.74, 6) is -0.224. The molecule has 2 aromatic heterocycles. The predicted molar refractivity (Wildman–Crippen MR) is 110 cm³/mol. The highest BCUT2D eigenvalue weighted by atomic mass is 19.1. The first-order valence-corrected chi connectivity index (χ1v) is 9.53. The number of benzene rings is 2. The quantitative estimate of drug-likeness (QED) is 0.567. The Hall–Kier alpha value is -3.67. The number of nitrogens with one attached hydrogen (secondary N) is 1. The van der Waals surface area contributed by atoms with E-state index in [4.69, 9.17) is 0 Å². The van der Waals surface area contributed by atoms with Crippen LogP contribution >= 0.6 is 0 Å². The van der Waals surface area contributed by atoms with Gasteiger partial charge in [0.2, 0.25) is 0 Å². The molecule has 2 aromatic carbocycles. The largest absolute Gasteiger partial charge is 0.360 e. The first kappa shape index (κ1) is 17.4. The number of halogens is 1. The van der Waals surface area contributed by atoms with Crippen molar-refractivity contribution in [1.29, 1.82) is 0 Å². The van der Waals surface area contributed by atoms with E-state index in [0.717, 1.165) is 28.6 Å². The lowest BCUT2D eigenvalue weighted by atomic mass is 9.98. The predicted octanol–water partition coefficient (Wildman–Crippen LogP) is 4.42. The van der Waals surface area contributed by atoms with Crippen LogP contribution in [0.1, 0.15) is 22.3 Å². The second kappa shape index (κ2) is 7.05. The number of hydrogen-bond acceptors (Lipinski definition) is 2. The van der Waals surface area contributed by atoms with E-state index >= 15 is 0 Å². The van der Waals surface area contributed by atoms with Crippen molar-refractivity contribution in [2.24, 2.45) is 0 Å². The molecule has 3 heterocycles. The smallest absolute Gasteiger partial charge is 0.254 e. The van der Waals surface area contributed by atoms with Gasteiger partial charge in [0, 0.05) is 59.4 Å². The number of nitrogens with zero attached hydrogens (tertiary/aromatic N) is 3. The second-order valence-electron chi connectivity index (χ2n) is 7.14. The summed E-state index contributed by atoms with van der Waals surface area (Å²) in [5.41, 5.74) is 4.69. The van der Waals surface area contributed by atoms with Crippen molar-refractivity contribution in [2.75, 3.05) is 13.1 Å². The number of H-pyrrole nitrogens is 1. The van der Waals surface area contributed by atoms with E-state index in [9.17, 15) is 9.18 Å². The fraction of sp³-hybridized carbons (Fsp3) is 0.130. The normalized spacial score (nSPS) is 14.2. The molecule has 1 amide bonds. The summed E-state index contributed by atoms with van der Waals surface area (Å²) in [4.78, 5) is 21.9. The number of carbonyl (C=O) groups excluding carboxylic acids is 1. The van der Waals surface area contributed by atoms with Gasteiger partial charge in [-0.3, -0.25) is 4.79 Å². The Morgan fingerprint density at radius 2 is 2.00 bits per heavy atom. The molecule has 6 heteroatoms. The van der Waals surface area contributed by atoms with E-state index in [1.54, 1.807) is 18.6 Å². The number of carbonyl (C=O) groups is 1. The van der Waals surface area contributed by atoms with Crippen molar-refractivity contribution >= 4 is 22.4 Å². The molecule has 5 nitrogen and oxygen atoms in total. The summed E-state index contributed by atoms with van der Waals surface area (Å²) < 4.78 is 15.3. The number of amides is 1. The molecule has 4 aromatic rings. The Morgan fingerprint density at radius 3 is 2.72 bits per heavy atom. The van der Waals surface area contributed by atoms with Crippen molar-refractivity contribution < 1.29 is 9.18 Å². The Balaban J connectivity index is 1.32. The molecule has 0 aliphatic carbocycles. The Labute approximate surface area is 167 Å². The third-order valence-corrected chi connectivity index (χ3v) is 5.40. The lowest BCUT2D eigenvalue weighted by Crippen LogP contribution is -2.34. The van der Waals surface area contributed by atoms with E-state index in [1.165, 1.54) is 17.7 Å². The van der Waals surface area contributed by atoms with Crippen LogP contribution in [0, 0.1) is 5.82 Å². The van der Waals surface area contributed by atoms with E-state index < -0.39 is 0 Å². The molecule has 0 saturated carbocycles. The van der Waals surface area contributed by atoms with Gasteiger partial charge in [-0.1, -0.05) is 6.08 Å². The maximum absolute atomic E-state index is 13.4. The molecule has 144 valence electrons. The number of imidazole rings is 1. The molecule has 1 N–H and O–H groups in total. The molecule has 1 aliphatic rings. The highest BCUT2D eigenvalue weighted by molar-refractivity contribution is 5.96. The van der Waals surface area contributed by atoms with Crippen LogP contribution in [-0.4, -0.2) is 38.4 Å². The highest BCUT2D eigenvalue weighted by Gasteiger charge is 2.20. The highest BCUT2D eigenvalue weighted by Crippen LogP contribution is 2.30. The number of aromatic amines is 1. The van der Waals surface area contributed by atoms with E-state index in [1.807, 2.05) is 46.1 Å². The van der Waals surface area contributed by atoms with Gasteiger partial charge in [-0.05, 0) is 54.5 Å². The minimum Gasteiger partial charge on any atom is -0.360 e. The van der Waals surface area contributed by atoms with Crippen LogP contribution in [0.5, 0.6) is 0 Å². The molecule has 0 unspecified atom stereocenters. The zero-order chi connectivity index (χ0) is 19.8. The molecule has 5 rings (SSSR count). The third kappa shape index (κ3) is 3.23. The van der Waals surface area contributed by atoms with Crippen LogP contribution in [-0.2, 0) is 0 Å². The minimum atomic E-state index is -0.251. The van der Waals surface area contributed by atoms with Gasteiger partial charge in [0.1, 0.15) is 5.82 Å². The van der Waals surface area contributed by atoms with Gasteiger partial charge in [-0.15, -0.1) is 0 Å². The van der Waals surface area contributed by atoms with Crippen LogP contribution in [0.4, 0.5) is 4.39 Å². The lowest BCUT2D eigenvalue weighted by Gasteiger charge is -2.26. The van der Waals surface area contributed by atoms with Gasteiger partial charge in [0.25, 0.3) is 5.91 Å². The summed E-state index contributed by atoms with van der Waals surface area (Å²) in [5, 5.41) is 1.01. The average molecular weight is 386 g/mol. The maximum atomic E-state index is 13.4. The first-order chi connectivity index (χ1) is 14.2. The maximum Gasteiger partial charge on any atom is 0.254 e. The Kier molecular flexibility index (Phi) is 4.24. The van der Waals surface area contributed by atoms with Crippen molar-refractivity contribution in [2.45, 2.75) is 6.42 Å². The van der Waals surface area contributed by atoms with Crippen LogP contribution < -0.4 is 0 Å². The third-order valence-electron chi connectivity index (χ3n) is 5.40. The summed E-state index contributed by atoms with van der Waals surface area (Å²) >= 11 is 0. The molecule has 0 atom stereocenters. The molecule has 0 radical (unpaired) electrons. The summed E-state index contributed by atoms with van der Waals surface area (Å²) in [7, 11) is 0. The zero-order valence-electron chi connectivity index (χ0n) is 15.7. The van der Waals surface area contributed by atoms with Gasteiger partial charge in [-0.2, -0.15) is 0 Å². The molecule has 29 heavy (non-hydrogen) atoms. The molecule has 0 fully saturated rings. The summed E-state index contributed by atoms with van der Waals surface area (Å²) in [6.45, 7) is 1.22. The van der Waals surface area contributed by atoms with Crippen LogP contribution in [0.2, 0.25) is 0 Å². The van der Waals surface area contributed by atoms with E-state index in [-0.39, 0.29) is 11.7 Å². The minimum absolute atomic E-state index is 0.0264. The molecule has 0 bridgehead atoms. The van der Waals surface area contributed by atoms with E-state index in [2.05, 4.69) is 16.0 Å². The number of fused-ring (bicyclic) bond motifs is 1. The van der Waals surface area contributed by atoms with Crippen molar-refractivity contribution in [3.05, 3.63) is 90.4 Å². The number of hydrogen-bond donors (Lipinski definition) is 1. The van der Waals surface area contributed by atoms with E-state index in [0.29, 0.717) is 18.7 Å². The van der Waals surface area contributed by atoms with Gasteiger partial charge < -0.3 is 14.5 Å². The molecular formula is C23H19FN4O. The summed E-state index contributed by atoms with van der Waals surface area (Å²) in [6, 6.07) is 12.3. The fourth-order valence-corrected chi connectivity index (χ4v) is 3.83. The topological polar surface area (TPSA) is 53.9 Å². The van der Waals surface area contributed by atoms with Gasteiger partial charge in [-0.25, -0.2) is 9.37 Å². The van der Waals surface area contributed by atoms with Crippen molar-refractivity contribution in [3.8, 4) is 5.69 Å².